The quantitative estimate of drug-likeness (QED) is 0.769. The minimum atomic E-state index is -0.0616. The van der Waals surface area contributed by atoms with Crippen LogP contribution in [0.4, 0.5) is 4.79 Å². The first-order valence-corrected chi connectivity index (χ1v) is 9.46. The second-order valence-corrected chi connectivity index (χ2v) is 6.92. The van der Waals surface area contributed by atoms with E-state index in [0.717, 1.165) is 30.2 Å². The normalized spacial score (nSPS) is 16.9. The molecule has 1 heterocycles. The molecule has 1 saturated heterocycles. The molecule has 6 heteroatoms. The molecule has 3 amide bonds. The molecule has 144 valence electrons. The molecule has 2 aromatic carbocycles. The Kier molecular flexibility index (Phi) is 6.65. The average molecular weight is 369 g/mol. The largest absolute Gasteiger partial charge is 0.383 e. The van der Waals surface area contributed by atoms with Crippen molar-refractivity contribution in [3.63, 3.8) is 0 Å². The maximum Gasteiger partial charge on any atom is 0.317 e. The number of hydrogen-bond acceptors (Lipinski definition) is 3. The molecule has 0 bridgehead atoms. The smallest absolute Gasteiger partial charge is 0.317 e. The fraction of sp³-hybridized carbons (Fsp3) is 0.429. The Morgan fingerprint density at radius 3 is 2.81 bits per heavy atom. The van der Waals surface area contributed by atoms with Crippen molar-refractivity contribution in [1.29, 1.82) is 0 Å². The molecular weight excluding hydrogens is 342 g/mol. The highest BCUT2D eigenvalue weighted by Crippen LogP contribution is 2.19. The number of urea groups is 1. The zero-order chi connectivity index (χ0) is 19.1. The van der Waals surface area contributed by atoms with Gasteiger partial charge < -0.3 is 20.3 Å². The van der Waals surface area contributed by atoms with Gasteiger partial charge in [0.25, 0.3) is 5.91 Å². The molecule has 6 nitrogen and oxygen atoms in total. The van der Waals surface area contributed by atoms with Crippen molar-refractivity contribution in [2.24, 2.45) is 5.92 Å². The third kappa shape index (κ3) is 4.98. The van der Waals surface area contributed by atoms with Crippen LogP contribution in [0, 0.1) is 5.92 Å². The number of nitrogens with one attached hydrogen (secondary N) is 2. The molecule has 1 fully saturated rings. The summed E-state index contributed by atoms with van der Waals surface area (Å²) in [5.74, 6) is 0.208. The number of likely N-dealkylation sites (tertiary alicyclic amines) is 1. The van der Waals surface area contributed by atoms with Crippen LogP contribution in [-0.4, -0.2) is 56.7 Å². The van der Waals surface area contributed by atoms with Crippen molar-refractivity contribution in [2.75, 3.05) is 39.9 Å². The van der Waals surface area contributed by atoms with Gasteiger partial charge in [0.2, 0.25) is 0 Å². The predicted octanol–water partition coefficient (Wildman–Crippen LogP) is 2.64. The van der Waals surface area contributed by atoms with E-state index in [9.17, 15) is 9.59 Å². The molecule has 27 heavy (non-hydrogen) atoms. The van der Waals surface area contributed by atoms with Crippen molar-refractivity contribution < 1.29 is 14.3 Å². The first-order chi connectivity index (χ1) is 13.2. The topological polar surface area (TPSA) is 70.7 Å². The van der Waals surface area contributed by atoms with E-state index in [1.165, 1.54) is 0 Å². The van der Waals surface area contributed by atoms with E-state index in [1.807, 2.05) is 47.4 Å². The lowest BCUT2D eigenvalue weighted by Gasteiger charge is -2.32. The number of amides is 3. The highest BCUT2D eigenvalue weighted by molar-refractivity contribution is 6.06. The molecule has 0 aromatic heterocycles. The summed E-state index contributed by atoms with van der Waals surface area (Å²) in [7, 11) is 1.61. The molecule has 1 aliphatic heterocycles. The molecule has 0 unspecified atom stereocenters. The summed E-state index contributed by atoms with van der Waals surface area (Å²) in [6, 6.07) is 13.6. The molecule has 0 aliphatic carbocycles. The second kappa shape index (κ2) is 9.37. The Morgan fingerprint density at radius 2 is 1.96 bits per heavy atom. The number of piperidine rings is 1. The summed E-state index contributed by atoms with van der Waals surface area (Å²) in [6.07, 6.45) is 1.96. The third-order valence-electron chi connectivity index (χ3n) is 4.97. The highest BCUT2D eigenvalue weighted by Gasteiger charge is 2.24. The van der Waals surface area contributed by atoms with Gasteiger partial charge in [-0.1, -0.05) is 36.4 Å². The summed E-state index contributed by atoms with van der Waals surface area (Å²) < 4.78 is 4.96. The minimum absolute atomic E-state index is 0.0582. The van der Waals surface area contributed by atoms with Crippen LogP contribution in [0.1, 0.15) is 23.2 Å². The van der Waals surface area contributed by atoms with Gasteiger partial charge in [0.15, 0.2) is 0 Å². The highest BCUT2D eigenvalue weighted by atomic mass is 16.5. The Balaban J connectivity index is 1.54. The first kappa shape index (κ1) is 19.2. The zero-order valence-electron chi connectivity index (χ0n) is 15.7. The van der Waals surface area contributed by atoms with Crippen LogP contribution in [0.2, 0.25) is 0 Å². The van der Waals surface area contributed by atoms with Crippen LogP contribution in [0.5, 0.6) is 0 Å². The van der Waals surface area contributed by atoms with Gasteiger partial charge in [0, 0.05) is 38.9 Å². The van der Waals surface area contributed by atoms with Crippen molar-refractivity contribution in [3.05, 3.63) is 48.0 Å². The zero-order valence-corrected chi connectivity index (χ0v) is 15.7. The summed E-state index contributed by atoms with van der Waals surface area (Å²) in [6.45, 7) is 3.00. The first-order valence-electron chi connectivity index (χ1n) is 9.46. The van der Waals surface area contributed by atoms with Crippen LogP contribution >= 0.6 is 0 Å². The Hall–Kier alpha value is -2.60. The molecule has 0 saturated carbocycles. The standard InChI is InChI=1S/C21H27N3O3/c1-27-13-11-22-21(26)24-12-5-6-16(15-24)14-23-20(25)19-10-4-8-17-7-2-3-9-18(17)19/h2-4,7-10,16H,5-6,11-15H2,1H3,(H,22,26)(H,23,25)/t16-/m1/s1. The van der Waals surface area contributed by atoms with Gasteiger partial charge in [-0.2, -0.15) is 0 Å². The van der Waals surface area contributed by atoms with E-state index in [4.69, 9.17) is 4.74 Å². The number of carbonyl (C=O) groups excluding carboxylic acids is 2. The van der Waals surface area contributed by atoms with E-state index in [1.54, 1.807) is 7.11 Å². The molecule has 2 N–H and O–H groups in total. The van der Waals surface area contributed by atoms with Gasteiger partial charge in [-0.05, 0) is 35.6 Å². The molecule has 1 aliphatic rings. The second-order valence-electron chi connectivity index (χ2n) is 6.92. The van der Waals surface area contributed by atoms with Gasteiger partial charge in [-0.3, -0.25) is 4.79 Å². The van der Waals surface area contributed by atoms with Crippen LogP contribution in [0.25, 0.3) is 10.8 Å². The number of nitrogens with zero attached hydrogens (tertiary/aromatic N) is 1. The van der Waals surface area contributed by atoms with E-state index >= 15 is 0 Å². The van der Waals surface area contributed by atoms with Crippen LogP contribution in [0.3, 0.4) is 0 Å². The molecule has 3 rings (SSSR count). The Bertz CT molecular complexity index is 788. The van der Waals surface area contributed by atoms with Gasteiger partial charge >= 0.3 is 6.03 Å². The summed E-state index contributed by atoms with van der Waals surface area (Å²) in [5.41, 5.74) is 0.693. The lowest BCUT2D eigenvalue weighted by Crippen LogP contribution is -2.48. The van der Waals surface area contributed by atoms with Gasteiger partial charge in [0.05, 0.1) is 6.61 Å². The average Bonchev–Trinajstić information content (AvgIpc) is 2.72. The van der Waals surface area contributed by atoms with Gasteiger partial charge in [0.1, 0.15) is 0 Å². The van der Waals surface area contributed by atoms with Crippen LogP contribution in [-0.2, 0) is 4.74 Å². The van der Waals surface area contributed by atoms with Crippen molar-refractivity contribution in [2.45, 2.75) is 12.8 Å². The minimum Gasteiger partial charge on any atom is -0.383 e. The van der Waals surface area contributed by atoms with E-state index in [2.05, 4.69) is 10.6 Å². The maximum atomic E-state index is 12.7. The number of ether oxygens (including phenoxy) is 1. The van der Waals surface area contributed by atoms with Gasteiger partial charge in [-0.15, -0.1) is 0 Å². The lowest BCUT2D eigenvalue weighted by atomic mass is 9.98. The lowest BCUT2D eigenvalue weighted by molar-refractivity contribution is 0.0939. The third-order valence-corrected chi connectivity index (χ3v) is 4.97. The summed E-state index contributed by atoms with van der Waals surface area (Å²) in [4.78, 5) is 26.7. The monoisotopic (exact) mass is 369 g/mol. The summed E-state index contributed by atoms with van der Waals surface area (Å²) in [5, 5.41) is 7.93. The molecule has 0 spiro atoms. The Labute approximate surface area is 159 Å². The van der Waals surface area contributed by atoms with Gasteiger partial charge in [-0.25, -0.2) is 4.79 Å². The number of carbonyl (C=O) groups is 2. The van der Waals surface area contributed by atoms with E-state index < -0.39 is 0 Å². The molecule has 2 aromatic rings. The number of benzene rings is 2. The van der Waals surface area contributed by atoms with Crippen LogP contribution in [0.15, 0.2) is 42.5 Å². The fourth-order valence-corrected chi connectivity index (χ4v) is 3.54. The van der Waals surface area contributed by atoms with Crippen molar-refractivity contribution in [3.8, 4) is 0 Å². The fourth-order valence-electron chi connectivity index (χ4n) is 3.54. The number of rotatable bonds is 6. The molecule has 0 radical (unpaired) electrons. The van der Waals surface area contributed by atoms with E-state index in [0.29, 0.717) is 31.8 Å². The number of methoxy groups -OCH3 is 1. The predicted molar refractivity (Wildman–Crippen MR) is 106 cm³/mol. The van der Waals surface area contributed by atoms with E-state index in [-0.39, 0.29) is 17.9 Å². The molecular formula is C21H27N3O3. The number of hydrogen-bond donors (Lipinski definition) is 2. The summed E-state index contributed by atoms with van der Waals surface area (Å²) >= 11 is 0. The molecule has 1 atom stereocenters. The van der Waals surface area contributed by atoms with Crippen LogP contribution < -0.4 is 10.6 Å². The number of fused-ring (bicyclic) bond motifs is 1. The Morgan fingerprint density at radius 1 is 1.15 bits per heavy atom. The SMILES string of the molecule is COCCNC(=O)N1CCC[C@H](CNC(=O)c2cccc3ccccc23)C1. The van der Waals surface area contributed by atoms with Crippen molar-refractivity contribution >= 4 is 22.7 Å². The maximum absolute atomic E-state index is 12.7. The van der Waals surface area contributed by atoms with Crippen molar-refractivity contribution in [1.82, 2.24) is 15.5 Å².